The maximum absolute atomic E-state index is 5.51. The number of hydrogen-bond donors (Lipinski definition) is 1. The Morgan fingerprint density at radius 2 is 2.14 bits per heavy atom. The van der Waals surface area contributed by atoms with Gasteiger partial charge in [0.05, 0.1) is 20.4 Å². The molecule has 0 spiro atoms. The van der Waals surface area contributed by atoms with Gasteiger partial charge in [-0.25, -0.2) is 4.98 Å². The Kier molecular flexibility index (Phi) is 3.64. The Hall–Kier alpha value is -1.36. The molecule has 1 atom stereocenters. The standard InChI is InChI=1S/C9H15N3O2/c1-6(4-10)8-11-5-7(13-2)9(12-8)14-3/h5-6H,4,10H2,1-3H3. The average Bonchev–Trinajstić information content (AvgIpc) is 2.26. The summed E-state index contributed by atoms with van der Waals surface area (Å²) in [5.74, 6) is 1.76. The van der Waals surface area contributed by atoms with Crippen LogP contribution in [-0.4, -0.2) is 30.7 Å². The zero-order valence-corrected chi connectivity index (χ0v) is 8.65. The molecule has 0 aliphatic rings. The van der Waals surface area contributed by atoms with Crippen LogP contribution in [0.3, 0.4) is 0 Å². The van der Waals surface area contributed by atoms with Crippen molar-refractivity contribution >= 4 is 0 Å². The molecule has 0 saturated carbocycles. The van der Waals surface area contributed by atoms with Crippen LogP contribution in [0, 0.1) is 0 Å². The molecule has 1 unspecified atom stereocenters. The first-order valence-electron chi connectivity index (χ1n) is 4.37. The lowest BCUT2D eigenvalue weighted by atomic mass is 10.2. The highest BCUT2D eigenvalue weighted by atomic mass is 16.5. The van der Waals surface area contributed by atoms with Crippen molar-refractivity contribution in [3.8, 4) is 11.6 Å². The van der Waals surface area contributed by atoms with Gasteiger partial charge in [-0.05, 0) is 0 Å². The minimum Gasteiger partial charge on any atom is -0.490 e. The van der Waals surface area contributed by atoms with Gasteiger partial charge >= 0.3 is 0 Å². The molecule has 1 aromatic heterocycles. The van der Waals surface area contributed by atoms with Crippen LogP contribution < -0.4 is 15.2 Å². The van der Waals surface area contributed by atoms with Gasteiger partial charge in [0.1, 0.15) is 5.82 Å². The van der Waals surface area contributed by atoms with E-state index in [9.17, 15) is 0 Å². The summed E-state index contributed by atoms with van der Waals surface area (Å²) in [6.07, 6.45) is 1.59. The van der Waals surface area contributed by atoms with E-state index >= 15 is 0 Å². The van der Waals surface area contributed by atoms with Crippen LogP contribution in [0.25, 0.3) is 0 Å². The molecule has 5 heteroatoms. The first-order chi connectivity index (χ1) is 6.72. The number of nitrogens with zero attached hydrogens (tertiary/aromatic N) is 2. The summed E-state index contributed by atoms with van der Waals surface area (Å²) in [5.41, 5.74) is 5.51. The normalized spacial score (nSPS) is 12.3. The highest BCUT2D eigenvalue weighted by Crippen LogP contribution is 2.24. The van der Waals surface area contributed by atoms with E-state index in [0.717, 1.165) is 0 Å². The van der Waals surface area contributed by atoms with Crippen molar-refractivity contribution in [2.45, 2.75) is 12.8 Å². The third-order valence-corrected chi connectivity index (χ3v) is 1.95. The Labute approximate surface area is 83.3 Å². The van der Waals surface area contributed by atoms with Gasteiger partial charge in [0.15, 0.2) is 5.75 Å². The predicted molar refractivity (Wildman–Crippen MR) is 52.6 cm³/mol. The van der Waals surface area contributed by atoms with Gasteiger partial charge < -0.3 is 15.2 Å². The average molecular weight is 197 g/mol. The number of rotatable bonds is 4. The van der Waals surface area contributed by atoms with Crippen molar-refractivity contribution in [1.29, 1.82) is 0 Å². The summed E-state index contributed by atoms with van der Waals surface area (Å²) in [6, 6.07) is 0. The van der Waals surface area contributed by atoms with Crippen LogP contribution >= 0.6 is 0 Å². The van der Waals surface area contributed by atoms with Crippen molar-refractivity contribution in [1.82, 2.24) is 9.97 Å². The summed E-state index contributed by atoms with van der Waals surface area (Å²) in [5, 5.41) is 0. The summed E-state index contributed by atoms with van der Waals surface area (Å²) in [4.78, 5) is 8.33. The fraction of sp³-hybridized carbons (Fsp3) is 0.556. The number of ether oxygens (including phenoxy) is 2. The lowest BCUT2D eigenvalue weighted by molar-refractivity contribution is 0.338. The van der Waals surface area contributed by atoms with Gasteiger partial charge in [-0.15, -0.1) is 0 Å². The van der Waals surface area contributed by atoms with Gasteiger partial charge in [-0.1, -0.05) is 6.92 Å². The van der Waals surface area contributed by atoms with Gasteiger partial charge in [0, 0.05) is 12.5 Å². The molecule has 0 aromatic carbocycles. The molecule has 0 aliphatic heterocycles. The van der Waals surface area contributed by atoms with Crippen molar-refractivity contribution in [2.75, 3.05) is 20.8 Å². The molecular formula is C9H15N3O2. The zero-order valence-electron chi connectivity index (χ0n) is 8.65. The summed E-state index contributed by atoms with van der Waals surface area (Å²) in [7, 11) is 3.09. The maximum atomic E-state index is 5.51. The second kappa shape index (κ2) is 4.76. The number of methoxy groups -OCH3 is 2. The van der Waals surface area contributed by atoms with Crippen LogP contribution in [0.2, 0.25) is 0 Å². The minimum absolute atomic E-state index is 0.120. The predicted octanol–water partition coefficient (Wildman–Crippen LogP) is 0.556. The van der Waals surface area contributed by atoms with Crippen molar-refractivity contribution in [2.24, 2.45) is 5.73 Å². The molecule has 2 N–H and O–H groups in total. The largest absolute Gasteiger partial charge is 0.490 e. The van der Waals surface area contributed by atoms with E-state index in [-0.39, 0.29) is 5.92 Å². The molecule has 14 heavy (non-hydrogen) atoms. The van der Waals surface area contributed by atoms with Crippen LogP contribution in [0.1, 0.15) is 18.7 Å². The van der Waals surface area contributed by atoms with Crippen LogP contribution in [-0.2, 0) is 0 Å². The Morgan fingerprint density at radius 1 is 1.43 bits per heavy atom. The first kappa shape index (κ1) is 10.7. The molecule has 0 bridgehead atoms. The Balaban J connectivity index is 3.01. The molecule has 5 nitrogen and oxygen atoms in total. The van der Waals surface area contributed by atoms with E-state index in [1.807, 2.05) is 6.92 Å². The summed E-state index contributed by atoms with van der Waals surface area (Å²) >= 11 is 0. The smallest absolute Gasteiger partial charge is 0.260 e. The van der Waals surface area contributed by atoms with Crippen molar-refractivity contribution < 1.29 is 9.47 Å². The number of hydrogen-bond acceptors (Lipinski definition) is 5. The van der Waals surface area contributed by atoms with E-state index in [1.54, 1.807) is 20.4 Å². The van der Waals surface area contributed by atoms with E-state index < -0.39 is 0 Å². The highest BCUT2D eigenvalue weighted by Gasteiger charge is 2.11. The third kappa shape index (κ3) is 2.11. The van der Waals surface area contributed by atoms with Gasteiger partial charge in [-0.3, -0.25) is 0 Å². The molecule has 1 heterocycles. The monoisotopic (exact) mass is 197 g/mol. The summed E-state index contributed by atoms with van der Waals surface area (Å²) in [6.45, 7) is 2.47. The molecule has 0 aliphatic carbocycles. The van der Waals surface area contributed by atoms with Gasteiger partial charge in [0.2, 0.25) is 0 Å². The van der Waals surface area contributed by atoms with Gasteiger partial charge in [-0.2, -0.15) is 4.98 Å². The number of aromatic nitrogens is 2. The quantitative estimate of drug-likeness (QED) is 0.763. The van der Waals surface area contributed by atoms with Crippen LogP contribution in [0.15, 0.2) is 6.20 Å². The lowest BCUT2D eigenvalue weighted by Crippen LogP contribution is -2.12. The Morgan fingerprint density at radius 3 is 2.64 bits per heavy atom. The van der Waals surface area contributed by atoms with Gasteiger partial charge in [0.25, 0.3) is 5.88 Å². The molecule has 1 aromatic rings. The highest BCUT2D eigenvalue weighted by molar-refractivity contribution is 5.31. The van der Waals surface area contributed by atoms with Crippen LogP contribution in [0.5, 0.6) is 11.6 Å². The second-order valence-electron chi connectivity index (χ2n) is 2.94. The molecule has 0 amide bonds. The van der Waals surface area contributed by atoms with Crippen molar-refractivity contribution in [3.63, 3.8) is 0 Å². The van der Waals surface area contributed by atoms with E-state index in [0.29, 0.717) is 24.0 Å². The fourth-order valence-electron chi connectivity index (χ4n) is 0.997. The first-order valence-corrected chi connectivity index (χ1v) is 4.37. The molecule has 78 valence electrons. The molecule has 0 radical (unpaired) electrons. The van der Waals surface area contributed by atoms with Crippen molar-refractivity contribution in [3.05, 3.63) is 12.0 Å². The molecular weight excluding hydrogens is 182 g/mol. The van der Waals surface area contributed by atoms with E-state index in [1.165, 1.54) is 0 Å². The Bertz CT molecular complexity index is 304. The fourth-order valence-corrected chi connectivity index (χ4v) is 0.997. The SMILES string of the molecule is COc1cnc(C(C)CN)nc1OC. The second-order valence-corrected chi connectivity index (χ2v) is 2.94. The maximum Gasteiger partial charge on any atom is 0.260 e. The van der Waals surface area contributed by atoms with Crippen LogP contribution in [0.4, 0.5) is 0 Å². The number of nitrogens with two attached hydrogens (primary N) is 1. The van der Waals surface area contributed by atoms with E-state index in [4.69, 9.17) is 15.2 Å². The summed E-state index contributed by atoms with van der Waals surface area (Å²) < 4.78 is 10.1. The van der Waals surface area contributed by atoms with E-state index in [2.05, 4.69) is 9.97 Å². The third-order valence-electron chi connectivity index (χ3n) is 1.95. The topological polar surface area (TPSA) is 70.3 Å². The zero-order chi connectivity index (χ0) is 10.6. The molecule has 0 fully saturated rings. The minimum atomic E-state index is 0.120. The lowest BCUT2D eigenvalue weighted by Gasteiger charge is -2.10. The molecule has 0 saturated heterocycles. The molecule has 1 rings (SSSR count).